The van der Waals surface area contributed by atoms with Gasteiger partial charge < -0.3 is 9.67 Å². The van der Waals surface area contributed by atoms with Gasteiger partial charge in [-0.05, 0) is 43.2 Å². The number of carbonyl (C=O) groups excluding carboxylic acids is 1. The molecule has 0 atom stereocenters. The molecule has 2 N–H and O–H groups in total. The number of para-hydroxylation sites is 1. The summed E-state index contributed by atoms with van der Waals surface area (Å²) in [5.74, 6) is -0.962. The average Bonchev–Trinajstić information content (AvgIpc) is 3.06. The molecule has 0 fully saturated rings. The zero-order chi connectivity index (χ0) is 19.8. The molecule has 2 aromatic carbocycles. The maximum Gasteiger partial charge on any atom is 0.267 e. The van der Waals surface area contributed by atoms with Crippen LogP contribution in [0, 0.1) is 6.92 Å². The molecule has 0 aliphatic heterocycles. The minimum absolute atomic E-state index is 0.261. The Morgan fingerprint density at radius 1 is 1.25 bits per heavy atom. The molecule has 0 saturated heterocycles. The Hall–Kier alpha value is -3.19. The second kappa shape index (κ2) is 7.09. The van der Waals surface area contributed by atoms with Gasteiger partial charge in [0.25, 0.3) is 11.5 Å². The third-order valence-electron chi connectivity index (χ3n) is 4.58. The largest absolute Gasteiger partial charge is 0.506 e. The van der Waals surface area contributed by atoms with Crippen LogP contribution in [0.5, 0.6) is 5.75 Å². The first-order valence-corrected chi connectivity index (χ1v) is 9.84. The van der Waals surface area contributed by atoms with Crippen LogP contribution < -0.4 is 10.9 Å². The van der Waals surface area contributed by atoms with E-state index in [1.807, 2.05) is 32.0 Å². The van der Waals surface area contributed by atoms with Gasteiger partial charge in [-0.1, -0.05) is 36.5 Å². The molecule has 0 spiro atoms. The van der Waals surface area contributed by atoms with Crippen molar-refractivity contribution in [1.82, 2.24) is 9.55 Å². The Labute approximate surface area is 165 Å². The van der Waals surface area contributed by atoms with E-state index in [1.165, 1.54) is 15.9 Å². The number of hydrogen-bond donors (Lipinski definition) is 2. The van der Waals surface area contributed by atoms with Crippen molar-refractivity contribution in [2.75, 3.05) is 5.32 Å². The van der Waals surface area contributed by atoms with Crippen molar-refractivity contribution in [3.8, 4) is 5.75 Å². The van der Waals surface area contributed by atoms with Crippen molar-refractivity contribution < 1.29 is 9.90 Å². The molecule has 0 radical (unpaired) electrons. The molecule has 1 amide bonds. The Kier molecular flexibility index (Phi) is 4.60. The number of thiazole rings is 1. The molecule has 4 aromatic rings. The van der Waals surface area contributed by atoms with Crippen LogP contribution in [-0.2, 0) is 6.54 Å². The van der Waals surface area contributed by atoms with Crippen molar-refractivity contribution >= 4 is 43.5 Å². The third kappa shape index (κ3) is 3.03. The monoisotopic (exact) mass is 393 g/mol. The lowest BCUT2D eigenvalue weighted by Gasteiger charge is -2.13. The highest BCUT2D eigenvalue weighted by atomic mass is 32.1. The smallest absolute Gasteiger partial charge is 0.267 e. The van der Waals surface area contributed by atoms with Crippen LogP contribution in [0.15, 0.2) is 47.3 Å². The Morgan fingerprint density at radius 3 is 2.82 bits per heavy atom. The standard InChI is InChI=1S/C21H19N3O3S/c1-3-10-24-15-7-5-4-6-13(15)18(25)17(20(24)27)19(26)23-21-22-14-9-8-12(2)11-16(14)28-21/h4-9,11,25H,3,10H2,1-2H3,(H,22,23,26). The third-order valence-corrected chi connectivity index (χ3v) is 5.52. The van der Waals surface area contributed by atoms with Crippen LogP contribution in [0.3, 0.4) is 0 Å². The van der Waals surface area contributed by atoms with E-state index in [9.17, 15) is 14.7 Å². The predicted molar refractivity (Wildman–Crippen MR) is 112 cm³/mol. The zero-order valence-corrected chi connectivity index (χ0v) is 16.3. The van der Waals surface area contributed by atoms with E-state index in [4.69, 9.17) is 0 Å². The highest BCUT2D eigenvalue weighted by Gasteiger charge is 2.23. The Balaban J connectivity index is 1.80. The zero-order valence-electron chi connectivity index (χ0n) is 15.5. The summed E-state index contributed by atoms with van der Waals surface area (Å²) < 4.78 is 2.48. The van der Waals surface area contributed by atoms with Crippen LogP contribution in [-0.4, -0.2) is 20.6 Å². The topological polar surface area (TPSA) is 84.2 Å². The number of nitrogens with one attached hydrogen (secondary N) is 1. The molecule has 0 unspecified atom stereocenters. The lowest BCUT2D eigenvalue weighted by atomic mass is 10.1. The van der Waals surface area contributed by atoms with Gasteiger partial charge in [0, 0.05) is 11.9 Å². The van der Waals surface area contributed by atoms with Crippen molar-refractivity contribution in [2.45, 2.75) is 26.8 Å². The number of rotatable bonds is 4. The summed E-state index contributed by atoms with van der Waals surface area (Å²) in [7, 11) is 0. The lowest BCUT2D eigenvalue weighted by molar-refractivity contribution is 0.102. The number of benzene rings is 2. The molecule has 0 saturated carbocycles. The number of carbonyl (C=O) groups is 1. The Bertz CT molecular complexity index is 1270. The molecular formula is C21H19N3O3S. The molecule has 2 heterocycles. The second-order valence-corrected chi connectivity index (χ2v) is 7.67. The van der Waals surface area contributed by atoms with E-state index in [0.717, 1.165) is 22.2 Å². The quantitative estimate of drug-likeness (QED) is 0.542. The number of hydrogen-bond acceptors (Lipinski definition) is 5. The van der Waals surface area contributed by atoms with Crippen molar-refractivity contribution in [3.05, 3.63) is 63.9 Å². The number of aromatic hydroxyl groups is 1. The number of amides is 1. The fourth-order valence-electron chi connectivity index (χ4n) is 3.28. The van der Waals surface area contributed by atoms with Gasteiger partial charge in [-0.2, -0.15) is 0 Å². The minimum atomic E-state index is -0.658. The maximum atomic E-state index is 13.0. The van der Waals surface area contributed by atoms with Crippen molar-refractivity contribution in [1.29, 1.82) is 0 Å². The summed E-state index contributed by atoms with van der Waals surface area (Å²) in [5, 5.41) is 14.2. The molecule has 0 aliphatic carbocycles. The van der Waals surface area contributed by atoms with Crippen LogP contribution in [0.2, 0.25) is 0 Å². The summed E-state index contributed by atoms with van der Waals surface area (Å²) in [4.78, 5) is 30.2. The second-order valence-electron chi connectivity index (χ2n) is 6.64. The highest BCUT2D eigenvalue weighted by molar-refractivity contribution is 7.22. The minimum Gasteiger partial charge on any atom is -0.506 e. The van der Waals surface area contributed by atoms with Gasteiger partial charge in [0.15, 0.2) is 5.13 Å². The summed E-state index contributed by atoms with van der Waals surface area (Å²) in [6.07, 6.45) is 0.729. The fourth-order valence-corrected chi connectivity index (χ4v) is 4.24. The number of fused-ring (bicyclic) bond motifs is 2. The SMILES string of the molecule is CCCn1c(=O)c(C(=O)Nc2nc3ccc(C)cc3s2)c(O)c2ccccc21. The molecule has 2 aromatic heterocycles. The first kappa shape index (κ1) is 18.2. The highest BCUT2D eigenvalue weighted by Crippen LogP contribution is 2.29. The van der Waals surface area contributed by atoms with Gasteiger partial charge in [-0.15, -0.1) is 0 Å². The molecule has 28 heavy (non-hydrogen) atoms. The van der Waals surface area contributed by atoms with Gasteiger partial charge in [-0.25, -0.2) is 4.98 Å². The molecular weight excluding hydrogens is 374 g/mol. The van der Waals surface area contributed by atoms with Crippen LogP contribution in [0.25, 0.3) is 21.1 Å². The predicted octanol–water partition coefficient (Wildman–Crippen LogP) is 4.29. The molecule has 6 nitrogen and oxygen atoms in total. The summed E-state index contributed by atoms with van der Waals surface area (Å²) in [6, 6.07) is 12.9. The van der Waals surface area contributed by atoms with Crippen molar-refractivity contribution in [3.63, 3.8) is 0 Å². The van der Waals surface area contributed by atoms with Gasteiger partial charge in [0.1, 0.15) is 11.3 Å². The van der Waals surface area contributed by atoms with Gasteiger partial charge in [0.05, 0.1) is 15.7 Å². The number of pyridine rings is 1. The van der Waals surface area contributed by atoms with Crippen LogP contribution in [0.4, 0.5) is 5.13 Å². The molecule has 4 rings (SSSR count). The van der Waals surface area contributed by atoms with E-state index >= 15 is 0 Å². The number of anilines is 1. The molecule has 142 valence electrons. The average molecular weight is 393 g/mol. The van der Waals surface area contributed by atoms with Crippen LogP contribution in [0.1, 0.15) is 29.3 Å². The van der Waals surface area contributed by atoms with E-state index in [2.05, 4.69) is 10.3 Å². The number of nitrogens with zero attached hydrogens (tertiary/aromatic N) is 2. The lowest BCUT2D eigenvalue weighted by Crippen LogP contribution is -2.29. The first-order valence-electron chi connectivity index (χ1n) is 9.02. The molecule has 0 bridgehead atoms. The van der Waals surface area contributed by atoms with E-state index in [0.29, 0.717) is 22.6 Å². The fraction of sp³-hybridized carbons (Fsp3) is 0.190. The normalized spacial score (nSPS) is 11.2. The number of aromatic nitrogens is 2. The van der Waals surface area contributed by atoms with Crippen LogP contribution >= 0.6 is 11.3 Å². The summed E-state index contributed by atoms with van der Waals surface area (Å²) >= 11 is 1.33. The van der Waals surface area contributed by atoms with Gasteiger partial charge in [0.2, 0.25) is 0 Å². The molecule has 7 heteroatoms. The Morgan fingerprint density at radius 2 is 2.04 bits per heavy atom. The molecule has 0 aliphatic rings. The van der Waals surface area contributed by atoms with E-state index in [1.54, 1.807) is 24.3 Å². The maximum absolute atomic E-state index is 13.0. The van der Waals surface area contributed by atoms with E-state index in [-0.39, 0.29) is 11.3 Å². The first-order chi connectivity index (χ1) is 13.5. The summed E-state index contributed by atoms with van der Waals surface area (Å²) in [6.45, 7) is 4.40. The summed E-state index contributed by atoms with van der Waals surface area (Å²) in [5.41, 5.74) is 1.72. The van der Waals surface area contributed by atoms with Crippen molar-refractivity contribution in [2.24, 2.45) is 0 Å². The number of aryl methyl sites for hydroxylation is 2. The van der Waals surface area contributed by atoms with E-state index < -0.39 is 11.5 Å². The van der Waals surface area contributed by atoms with Gasteiger partial charge in [-0.3, -0.25) is 14.9 Å². The van der Waals surface area contributed by atoms with Gasteiger partial charge >= 0.3 is 0 Å².